The second-order valence-electron chi connectivity index (χ2n) is 10.3. The van der Waals surface area contributed by atoms with E-state index >= 15 is 0 Å². The van der Waals surface area contributed by atoms with Crippen LogP contribution in [0.5, 0.6) is 5.75 Å². The van der Waals surface area contributed by atoms with Gasteiger partial charge in [-0.1, -0.05) is 79.4 Å². The van der Waals surface area contributed by atoms with E-state index in [0.717, 1.165) is 47.9 Å². The summed E-state index contributed by atoms with van der Waals surface area (Å²) < 4.78 is 19.6. The van der Waals surface area contributed by atoms with Crippen molar-refractivity contribution in [3.8, 4) is 5.75 Å². The van der Waals surface area contributed by atoms with Gasteiger partial charge in [-0.25, -0.2) is 4.39 Å². The van der Waals surface area contributed by atoms with E-state index in [1.165, 1.54) is 18.6 Å². The lowest BCUT2D eigenvalue weighted by atomic mass is 9.94. The number of nitrogens with one attached hydrogen (secondary N) is 1. The van der Waals surface area contributed by atoms with Crippen LogP contribution in [0, 0.1) is 19.7 Å². The highest BCUT2D eigenvalue weighted by molar-refractivity contribution is 5.88. The van der Waals surface area contributed by atoms with Crippen molar-refractivity contribution in [2.24, 2.45) is 0 Å². The Hall–Kier alpha value is -3.67. The van der Waals surface area contributed by atoms with Gasteiger partial charge in [-0.3, -0.25) is 9.59 Å². The van der Waals surface area contributed by atoms with Crippen LogP contribution in [0.2, 0.25) is 0 Å². The molecule has 1 saturated carbocycles. The van der Waals surface area contributed by atoms with Gasteiger partial charge in [0.2, 0.25) is 5.91 Å². The maximum atomic E-state index is 13.8. The molecule has 4 rings (SSSR count). The van der Waals surface area contributed by atoms with E-state index in [4.69, 9.17) is 4.74 Å². The molecular weight excluding hydrogens is 479 g/mol. The largest absolute Gasteiger partial charge is 0.483 e. The lowest BCUT2D eigenvalue weighted by Gasteiger charge is -2.33. The minimum absolute atomic E-state index is 0.115. The predicted octanol–water partition coefficient (Wildman–Crippen LogP) is 5.91. The molecule has 0 aromatic heterocycles. The van der Waals surface area contributed by atoms with E-state index in [2.05, 4.69) is 5.32 Å². The molecule has 0 spiro atoms. The average Bonchev–Trinajstić information content (AvgIpc) is 2.92. The first-order valence-electron chi connectivity index (χ1n) is 13.5. The summed E-state index contributed by atoms with van der Waals surface area (Å²) in [5.41, 5.74) is 3.76. The van der Waals surface area contributed by atoms with E-state index in [9.17, 15) is 14.0 Å². The Labute approximate surface area is 225 Å². The molecule has 200 valence electrons. The van der Waals surface area contributed by atoms with E-state index in [-0.39, 0.29) is 36.8 Å². The summed E-state index contributed by atoms with van der Waals surface area (Å²) in [4.78, 5) is 29.1. The molecule has 38 heavy (non-hydrogen) atoms. The Bertz CT molecular complexity index is 1210. The molecule has 3 aromatic rings. The fourth-order valence-electron chi connectivity index (χ4n) is 5.07. The number of ether oxygens (including phenoxy) is 1. The third-order valence-electron chi connectivity index (χ3n) is 7.17. The summed E-state index contributed by atoms with van der Waals surface area (Å²) in [7, 11) is 0. The zero-order valence-electron chi connectivity index (χ0n) is 22.3. The second-order valence-corrected chi connectivity index (χ2v) is 10.3. The number of benzene rings is 3. The third kappa shape index (κ3) is 7.67. The monoisotopic (exact) mass is 516 g/mol. The molecule has 1 unspecified atom stereocenters. The molecule has 0 radical (unpaired) electrons. The van der Waals surface area contributed by atoms with E-state index < -0.39 is 6.04 Å². The number of hydrogen-bond donors (Lipinski definition) is 1. The lowest BCUT2D eigenvalue weighted by molar-refractivity contribution is -0.143. The van der Waals surface area contributed by atoms with Gasteiger partial charge in [0, 0.05) is 19.0 Å². The van der Waals surface area contributed by atoms with Gasteiger partial charge in [0.15, 0.2) is 6.61 Å². The van der Waals surface area contributed by atoms with Gasteiger partial charge in [-0.2, -0.15) is 0 Å². The highest BCUT2D eigenvalue weighted by Gasteiger charge is 2.32. The molecule has 0 heterocycles. The molecule has 1 N–H and O–H groups in total. The second kappa shape index (κ2) is 13.2. The quantitative estimate of drug-likeness (QED) is 0.364. The van der Waals surface area contributed by atoms with E-state index in [0.29, 0.717) is 12.2 Å². The average molecular weight is 517 g/mol. The van der Waals surface area contributed by atoms with Gasteiger partial charge in [0.25, 0.3) is 5.91 Å². The fraction of sp³-hybridized carbons (Fsp3) is 0.375. The standard InChI is InChI=1S/C32H37FN2O3/c1-23-13-18-30(24(2)19-23)38-22-31(36)35(21-26-14-16-27(33)17-15-26)29(20-25-9-5-3-6-10-25)32(37)34-28-11-7-4-8-12-28/h3,5-6,9-10,13-19,28-29H,4,7-8,11-12,20-22H2,1-2H3,(H,34,37). The van der Waals surface area contributed by atoms with E-state index in [1.807, 2.05) is 62.4 Å². The SMILES string of the molecule is Cc1ccc(OCC(=O)N(Cc2ccc(F)cc2)C(Cc2ccccc2)C(=O)NC2CCCCC2)c(C)c1. The number of carbonyl (C=O) groups excluding carboxylic acids is 2. The van der Waals surface area contributed by atoms with Gasteiger partial charge in [-0.05, 0) is 61.6 Å². The van der Waals surface area contributed by atoms with Crippen LogP contribution >= 0.6 is 0 Å². The Balaban J connectivity index is 1.61. The summed E-state index contributed by atoms with van der Waals surface area (Å²) in [6.07, 6.45) is 5.64. The topological polar surface area (TPSA) is 58.6 Å². The van der Waals surface area contributed by atoms with Crippen LogP contribution in [0.3, 0.4) is 0 Å². The molecule has 5 nitrogen and oxygen atoms in total. The molecule has 2 amide bonds. The number of halogens is 1. The van der Waals surface area contributed by atoms with Gasteiger partial charge in [-0.15, -0.1) is 0 Å². The first-order valence-corrected chi connectivity index (χ1v) is 13.5. The van der Waals surface area contributed by atoms with Crippen molar-refractivity contribution >= 4 is 11.8 Å². The molecule has 1 aliphatic rings. The Morgan fingerprint density at radius 2 is 1.66 bits per heavy atom. The smallest absolute Gasteiger partial charge is 0.261 e. The number of nitrogens with zero attached hydrogens (tertiary/aromatic N) is 1. The molecule has 1 aliphatic carbocycles. The zero-order valence-corrected chi connectivity index (χ0v) is 22.3. The predicted molar refractivity (Wildman–Crippen MR) is 147 cm³/mol. The van der Waals surface area contributed by atoms with Crippen LogP contribution < -0.4 is 10.1 Å². The van der Waals surface area contributed by atoms with E-state index in [1.54, 1.807) is 17.0 Å². The highest BCUT2D eigenvalue weighted by atomic mass is 19.1. The molecule has 0 aliphatic heterocycles. The van der Waals surface area contributed by atoms with Crippen molar-refractivity contribution in [2.75, 3.05) is 6.61 Å². The van der Waals surface area contributed by atoms with Crippen LogP contribution in [0.25, 0.3) is 0 Å². The maximum Gasteiger partial charge on any atom is 0.261 e. The number of aryl methyl sites for hydroxylation is 2. The van der Waals surface area contributed by atoms with Crippen molar-refractivity contribution < 1.29 is 18.7 Å². The van der Waals surface area contributed by atoms with Crippen molar-refractivity contribution in [1.29, 1.82) is 0 Å². The molecule has 3 aromatic carbocycles. The lowest BCUT2D eigenvalue weighted by Crippen LogP contribution is -2.53. The minimum atomic E-state index is -0.736. The number of hydrogen-bond acceptors (Lipinski definition) is 3. The van der Waals surface area contributed by atoms with Gasteiger partial charge < -0.3 is 15.0 Å². The number of amides is 2. The molecule has 0 bridgehead atoms. The molecule has 1 fully saturated rings. The number of carbonyl (C=O) groups is 2. The van der Waals surface area contributed by atoms with Crippen molar-refractivity contribution in [2.45, 2.75) is 71.0 Å². The van der Waals surface area contributed by atoms with Gasteiger partial charge >= 0.3 is 0 Å². The van der Waals surface area contributed by atoms with Crippen LogP contribution in [-0.4, -0.2) is 35.4 Å². The van der Waals surface area contributed by atoms with Crippen molar-refractivity contribution in [3.63, 3.8) is 0 Å². The summed E-state index contributed by atoms with van der Waals surface area (Å²) >= 11 is 0. The van der Waals surface area contributed by atoms with Crippen LogP contribution in [0.1, 0.15) is 54.4 Å². The summed E-state index contributed by atoms with van der Waals surface area (Å²) in [5, 5.41) is 3.22. The molecular formula is C32H37FN2O3. The summed E-state index contributed by atoms with van der Waals surface area (Å²) in [6.45, 7) is 3.92. The summed E-state index contributed by atoms with van der Waals surface area (Å²) in [6, 6.07) is 21.0. The molecule has 1 atom stereocenters. The van der Waals surface area contributed by atoms with Crippen LogP contribution in [0.4, 0.5) is 4.39 Å². The Morgan fingerprint density at radius 1 is 0.947 bits per heavy atom. The molecule has 6 heteroatoms. The van der Waals surface area contributed by atoms with Gasteiger partial charge in [0.1, 0.15) is 17.6 Å². The highest BCUT2D eigenvalue weighted by Crippen LogP contribution is 2.22. The zero-order chi connectivity index (χ0) is 26.9. The normalized spacial score (nSPS) is 14.5. The molecule has 0 saturated heterocycles. The minimum Gasteiger partial charge on any atom is -0.483 e. The first-order chi connectivity index (χ1) is 18.4. The van der Waals surface area contributed by atoms with Crippen molar-refractivity contribution in [1.82, 2.24) is 10.2 Å². The maximum absolute atomic E-state index is 13.8. The van der Waals surface area contributed by atoms with Gasteiger partial charge in [0.05, 0.1) is 0 Å². The van der Waals surface area contributed by atoms with Crippen molar-refractivity contribution in [3.05, 3.63) is 101 Å². The third-order valence-corrected chi connectivity index (χ3v) is 7.17. The Kier molecular flexibility index (Phi) is 9.52. The number of rotatable bonds is 10. The fourth-order valence-corrected chi connectivity index (χ4v) is 5.07. The summed E-state index contributed by atoms with van der Waals surface area (Å²) in [5.74, 6) is -0.172. The Morgan fingerprint density at radius 3 is 2.34 bits per heavy atom. The first kappa shape index (κ1) is 27.4. The van der Waals surface area contributed by atoms with Crippen LogP contribution in [-0.2, 0) is 22.6 Å². The van der Waals surface area contributed by atoms with Crippen LogP contribution in [0.15, 0.2) is 72.8 Å².